The van der Waals surface area contributed by atoms with Crippen molar-refractivity contribution in [3.8, 4) is 0 Å². The summed E-state index contributed by atoms with van der Waals surface area (Å²) in [6.45, 7) is 2.25. The van der Waals surface area contributed by atoms with Gasteiger partial charge in [0.2, 0.25) is 11.9 Å². The van der Waals surface area contributed by atoms with Crippen molar-refractivity contribution in [2.24, 2.45) is 0 Å². The van der Waals surface area contributed by atoms with E-state index in [4.69, 9.17) is 28.9 Å². The van der Waals surface area contributed by atoms with Crippen LogP contribution in [0, 0.1) is 0 Å². The molecule has 0 radical (unpaired) electrons. The molecule has 1 aliphatic heterocycles. The van der Waals surface area contributed by atoms with Gasteiger partial charge >= 0.3 is 5.97 Å². The molecule has 0 spiro atoms. The normalized spacial score (nSPS) is 15.6. The van der Waals surface area contributed by atoms with E-state index in [9.17, 15) is 9.90 Å². The molecule has 1 unspecified atom stereocenters. The minimum atomic E-state index is -0.829. The first-order valence-electron chi connectivity index (χ1n) is 11.3. The lowest BCUT2D eigenvalue weighted by Gasteiger charge is -2.42. The molecule has 0 bridgehead atoms. The molecule has 0 amide bonds. The van der Waals surface area contributed by atoms with E-state index < -0.39 is 5.97 Å². The number of rotatable bonds is 9. The van der Waals surface area contributed by atoms with E-state index >= 15 is 0 Å². The number of aliphatic carboxylic acids is 1. The summed E-state index contributed by atoms with van der Waals surface area (Å²) in [7, 11) is 0. The number of benzene rings is 2. The summed E-state index contributed by atoms with van der Waals surface area (Å²) in [6.07, 6.45) is 2.52. The lowest BCUT2D eigenvalue weighted by Crippen LogP contribution is -2.47. The predicted octanol–water partition coefficient (Wildman–Crippen LogP) is 4.42. The van der Waals surface area contributed by atoms with E-state index in [-0.39, 0.29) is 18.5 Å². The van der Waals surface area contributed by atoms with Crippen molar-refractivity contribution < 1.29 is 9.90 Å². The summed E-state index contributed by atoms with van der Waals surface area (Å²) >= 11 is 12.2. The van der Waals surface area contributed by atoms with Crippen LogP contribution in [0.2, 0.25) is 10.0 Å². The predicted molar refractivity (Wildman–Crippen MR) is 134 cm³/mol. The highest BCUT2D eigenvalue weighted by Gasteiger charge is 2.32. The van der Waals surface area contributed by atoms with Crippen molar-refractivity contribution in [3.05, 3.63) is 69.7 Å². The molecule has 4 N–H and O–H groups in total. The maximum absolute atomic E-state index is 11.9. The Hall–Kier alpha value is -2.81. The largest absolute Gasteiger partial charge is 0.481 e. The summed E-state index contributed by atoms with van der Waals surface area (Å²) in [6, 6.07) is 15.2. The molecule has 34 heavy (non-hydrogen) atoms. The Morgan fingerprint density at radius 1 is 1.12 bits per heavy atom. The van der Waals surface area contributed by atoms with Crippen molar-refractivity contribution in [3.63, 3.8) is 0 Å². The van der Waals surface area contributed by atoms with Gasteiger partial charge < -0.3 is 15.7 Å². The fourth-order valence-corrected chi connectivity index (χ4v) is 4.83. The van der Waals surface area contributed by atoms with E-state index in [0.29, 0.717) is 21.9 Å². The number of piperidine rings is 1. The third-order valence-corrected chi connectivity index (χ3v) is 6.81. The Labute approximate surface area is 208 Å². The molecule has 0 saturated carbocycles. The van der Waals surface area contributed by atoms with Crippen molar-refractivity contribution in [1.29, 1.82) is 0 Å². The van der Waals surface area contributed by atoms with Crippen LogP contribution in [0.5, 0.6) is 0 Å². The molecular formula is C24H28Cl2N6O2. The quantitative estimate of drug-likeness (QED) is 0.396. The average Bonchev–Trinajstić information content (AvgIpc) is 3.26. The second-order valence-corrected chi connectivity index (χ2v) is 9.39. The van der Waals surface area contributed by atoms with Crippen LogP contribution < -0.4 is 10.6 Å². The van der Waals surface area contributed by atoms with E-state index in [1.165, 1.54) is 0 Å². The Balaban J connectivity index is 1.56. The first kappa shape index (κ1) is 24.3. The lowest BCUT2D eigenvalue weighted by atomic mass is 9.95. The second kappa shape index (κ2) is 11.1. The Morgan fingerprint density at radius 2 is 1.74 bits per heavy atom. The third-order valence-electron chi connectivity index (χ3n) is 6.30. The molecule has 10 heteroatoms. The summed E-state index contributed by atoms with van der Waals surface area (Å²) in [5, 5.41) is 17.9. The highest BCUT2D eigenvalue weighted by atomic mass is 35.5. The van der Waals surface area contributed by atoms with Gasteiger partial charge in [-0.1, -0.05) is 47.5 Å². The van der Waals surface area contributed by atoms with Crippen molar-refractivity contribution >= 4 is 41.1 Å². The summed E-state index contributed by atoms with van der Waals surface area (Å²) in [5.74, 6) is 0.0690. The molecule has 0 aliphatic carbocycles. The van der Waals surface area contributed by atoms with Gasteiger partial charge in [-0.05, 0) is 54.7 Å². The first-order chi connectivity index (χ1) is 16.4. The number of aromatic nitrogens is 3. The second-order valence-electron chi connectivity index (χ2n) is 8.52. The fourth-order valence-electron chi connectivity index (χ4n) is 4.58. The van der Waals surface area contributed by atoms with Crippen LogP contribution in [0.1, 0.15) is 36.4 Å². The van der Waals surface area contributed by atoms with E-state index in [1.54, 1.807) is 0 Å². The number of nitrogen functional groups attached to an aromatic ring is 1. The van der Waals surface area contributed by atoms with Gasteiger partial charge in [0.1, 0.15) is 0 Å². The number of anilines is 2. The zero-order valence-corrected chi connectivity index (χ0v) is 20.2. The summed E-state index contributed by atoms with van der Waals surface area (Å²) in [4.78, 5) is 20.6. The van der Waals surface area contributed by atoms with Gasteiger partial charge in [0.25, 0.3) is 0 Å². The van der Waals surface area contributed by atoms with Crippen LogP contribution in [-0.4, -0.2) is 56.8 Å². The van der Waals surface area contributed by atoms with Gasteiger partial charge in [0.05, 0.1) is 6.42 Å². The zero-order valence-electron chi connectivity index (χ0n) is 18.7. The van der Waals surface area contributed by atoms with Crippen molar-refractivity contribution in [2.45, 2.75) is 37.8 Å². The third kappa shape index (κ3) is 6.20. The van der Waals surface area contributed by atoms with Gasteiger partial charge in [-0.15, -0.1) is 5.10 Å². The SMILES string of the molecule is Nc1nc(N2CCC(N(CCc3ccc(Cl)cc3)C(CC(=O)O)c3ccc(Cl)cc3)CC2)n[nH]1. The molecule has 3 aromatic rings. The van der Waals surface area contributed by atoms with Crippen LogP contribution in [0.25, 0.3) is 0 Å². The molecule has 1 atom stereocenters. The number of hydrogen-bond acceptors (Lipinski definition) is 6. The number of carboxylic acid groups (broad SMARTS) is 1. The number of nitrogens with one attached hydrogen (secondary N) is 1. The minimum Gasteiger partial charge on any atom is -0.481 e. The number of aromatic amines is 1. The number of hydrogen-bond donors (Lipinski definition) is 3. The van der Waals surface area contributed by atoms with Crippen LogP contribution in [0.4, 0.5) is 11.9 Å². The van der Waals surface area contributed by atoms with Crippen LogP contribution in [-0.2, 0) is 11.2 Å². The number of nitrogens with two attached hydrogens (primary N) is 1. The van der Waals surface area contributed by atoms with Crippen LogP contribution in [0.3, 0.4) is 0 Å². The highest BCUT2D eigenvalue weighted by Crippen LogP contribution is 2.32. The van der Waals surface area contributed by atoms with E-state index in [2.05, 4.69) is 25.0 Å². The maximum atomic E-state index is 11.9. The number of nitrogens with zero attached hydrogens (tertiary/aromatic N) is 4. The molecule has 2 heterocycles. The molecule has 1 saturated heterocycles. The van der Waals surface area contributed by atoms with Gasteiger partial charge in [-0.3, -0.25) is 9.69 Å². The van der Waals surface area contributed by atoms with Gasteiger partial charge in [0, 0.05) is 41.8 Å². The van der Waals surface area contributed by atoms with Crippen molar-refractivity contribution in [1.82, 2.24) is 20.1 Å². The van der Waals surface area contributed by atoms with E-state index in [0.717, 1.165) is 50.0 Å². The summed E-state index contributed by atoms with van der Waals surface area (Å²) in [5.41, 5.74) is 7.80. The molecule has 1 fully saturated rings. The molecule has 2 aromatic carbocycles. The molecule has 4 rings (SSSR count). The number of carboxylic acids is 1. The Kier molecular flexibility index (Phi) is 7.92. The van der Waals surface area contributed by atoms with E-state index in [1.807, 2.05) is 48.5 Å². The van der Waals surface area contributed by atoms with Crippen LogP contribution >= 0.6 is 23.2 Å². The first-order valence-corrected chi connectivity index (χ1v) is 12.0. The molecule has 8 nitrogen and oxygen atoms in total. The topological polar surface area (TPSA) is 111 Å². The molecule has 1 aliphatic rings. The fraction of sp³-hybridized carbons (Fsp3) is 0.375. The monoisotopic (exact) mass is 502 g/mol. The highest BCUT2D eigenvalue weighted by molar-refractivity contribution is 6.30. The molecule has 180 valence electrons. The maximum Gasteiger partial charge on any atom is 0.305 e. The number of halogens is 2. The number of carbonyl (C=O) groups is 1. The average molecular weight is 503 g/mol. The minimum absolute atomic E-state index is 0.0138. The Bertz CT molecular complexity index is 1080. The zero-order chi connectivity index (χ0) is 24.1. The number of H-pyrrole nitrogens is 1. The Morgan fingerprint density at radius 3 is 2.29 bits per heavy atom. The standard InChI is InChI=1S/C24H28Cl2N6O2/c25-18-5-1-16(2-6-18)9-14-32(21(15-22(33)34)17-3-7-19(26)8-4-17)20-10-12-31(13-11-20)24-28-23(27)29-30-24/h1-8,20-21H,9-15H2,(H,33,34)(H3,27,28,29,30). The smallest absolute Gasteiger partial charge is 0.305 e. The molecule has 1 aromatic heterocycles. The van der Waals surface area contributed by atoms with Gasteiger partial charge in [-0.2, -0.15) is 4.98 Å². The van der Waals surface area contributed by atoms with Crippen molar-refractivity contribution in [2.75, 3.05) is 30.3 Å². The van der Waals surface area contributed by atoms with Crippen LogP contribution in [0.15, 0.2) is 48.5 Å². The van der Waals surface area contributed by atoms with Gasteiger partial charge in [0.15, 0.2) is 0 Å². The summed E-state index contributed by atoms with van der Waals surface area (Å²) < 4.78 is 0. The lowest BCUT2D eigenvalue weighted by molar-refractivity contribution is -0.138. The molecular weight excluding hydrogens is 475 g/mol. The van der Waals surface area contributed by atoms with Gasteiger partial charge in [-0.25, -0.2) is 5.10 Å².